The summed E-state index contributed by atoms with van der Waals surface area (Å²) < 4.78 is 49.7. The first-order valence-corrected chi connectivity index (χ1v) is 22.6. The summed E-state index contributed by atoms with van der Waals surface area (Å²) in [6.07, 6.45) is 4.05. The second-order valence-corrected chi connectivity index (χ2v) is 17.1. The van der Waals surface area contributed by atoms with Crippen LogP contribution >= 0.6 is 0 Å². The lowest BCUT2D eigenvalue weighted by atomic mass is 9.88. The van der Waals surface area contributed by atoms with Crippen molar-refractivity contribution in [2.45, 2.75) is 88.6 Å². The molecule has 66 heavy (non-hydrogen) atoms. The molecule has 1 aliphatic carbocycles. The fourth-order valence-corrected chi connectivity index (χ4v) is 8.91. The molecule has 1 spiro atoms. The number of rotatable bonds is 16. The SMILES string of the molecule is N#Cc1ccc(C(=O)N2CCOC3(CCN(Cc4cccc(CCOCCC(=O)N(CCNCCc5ccc(O)c6c5OCC(=O)N6)C5CCCCC5)c4)CC3)C2)cc1.O=C(O)C(F)(F)F. The molecule has 3 heterocycles. The van der Waals surface area contributed by atoms with Crippen molar-refractivity contribution in [1.29, 1.82) is 5.26 Å². The third kappa shape index (κ3) is 14.1. The molecule has 2 saturated heterocycles. The zero-order valence-electron chi connectivity index (χ0n) is 37.1. The van der Waals surface area contributed by atoms with E-state index in [0.717, 1.165) is 70.1 Å². The second kappa shape index (κ2) is 23.6. The summed E-state index contributed by atoms with van der Waals surface area (Å²) in [5, 5.41) is 32.6. The number of benzene rings is 3. The standard InChI is InChI=1S/C46H58N6O7.C2HF3O2/c47-30-35-9-11-38(12-10-35)45(56)51-25-28-59-46(33-51)18-22-50(23-19-46)31-36-6-4-5-34(29-36)16-26-57-27-17-42(55)52(39-7-2-1-3-8-39)24-21-48-20-15-37-13-14-40(53)43-44(37)58-32-41(54)49-43;3-2(4,5)1(6)7/h4-6,9-14,29,39,48,53H,1-3,7-8,15-28,31-33H2,(H,49,54);(H,6,7). The minimum absolute atomic E-state index is 0.00783. The first kappa shape index (κ1) is 49.7. The quantitative estimate of drug-likeness (QED) is 0.102. The zero-order chi connectivity index (χ0) is 47.1. The second-order valence-electron chi connectivity index (χ2n) is 17.1. The van der Waals surface area contributed by atoms with Gasteiger partial charge in [-0.25, -0.2) is 4.79 Å². The Labute approximate surface area is 382 Å². The lowest BCUT2D eigenvalue weighted by molar-refractivity contribution is -0.192. The first-order valence-electron chi connectivity index (χ1n) is 22.6. The number of alkyl halides is 3. The molecule has 0 bridgehead atoms. The summed E-state index contributed by atoms with van der Waals surface area (Å²) in [4.78, 5) is 53.9. The number of fused-ring (bicyclic) bond motifs is 1. The van der Waals surface area contributed by atoms with Gasteiger partial charge in [0.2, 0.25) is 5.91 Å². The van der Waals surface area contributed by atoms with Gasteiger partial charge in [0, 0.05) is 50.9 Å². The van der Waals surface area contributed by atoms with E-state index in [2.05, 4.69) is 50.8 Å². The molecule has 0 atom stereocenters. The molecule has 15 nitrogen and oxygen atoms in total. The van der Waals surface area contributed by atoms with Gasteiger partial charge in [0.15, 0.2) is 12.4 Å². The van der Waals surface area contributed by atoms with Gasteiger partial charge >= 0.3 is 12.1 Å². The number of aromatic hydroxyl groups is 1. The van der Waals surface area contributed by atoms with Gasteiger partial charge in [0.1, 0.15) is 11.4 Å². The average Bonchev–Trinajstić information content (AvgIpc) is 3.31. The largest absolute Gasteiger partial charge is 0.506 e. The lowest BCUT2D eigenvalue weighted by Crippen LogP contribution is -2.57. The number of phenols is 1. The summed E-state index contributed by atoms with van der Waals surface area (Å²) in [5.74, 6) is -2.39. The Kier molecular flexibility index (Phi) is 17.8. The van der Waals surface area contributed by atoms with Crippen LogP contribution in [-0.4, -0.2) is 139 Å². The molecule has 3 fully saturated rings. The summed E-state index contributed by atoms with van der Waals surface area (Å²) in [5.41, 5.74) is 4.54. The van der Waals surface area contributed by atoms with Crippen LogP contribution in [0.3, 0.4) is 0 Å². The molecule has 4 N–H and O–H groups in total. The Morgan fingerprint density at radius 1 is 0.970 bits per heavy atom. The molecule has 0 radical (unpaired) electrons. The summed E-state index contributed by atoms with van der Waals surface area (Å²) in [6, 6.07) is 21.3. The summed E-state index contributed by atoms with van der Waals surface area (Å²) in [7, 11) is 0. The van der Waals surface area contributed by atoms with Crippen molar-refractivity contribution in [2.75, 3.05) is 77.6 Å². The number of ether oxygens (including phenoxy) is 3. The molecular formula is C48H59F3N6O9. The van der Waals surface area contributed by atoms with Crippen molar-refractivity contribution in [3.63, 3.8) is 0 Å². The molecule has 0 aromatic heterocycles. The minimum atomic E-state index is -5.08. The number of carboxylic acids is 1. The molecule has 356 valence electrons. The van der Waals surface area contributed by atoms with Gasteiger partial charge in [-0.05, 0) is 92.1 Å². The predicted molar refractivity (Wildman–Crippen MR) is 237 cm³/mol. The number of nitrogens with one attached hydrogen (secondary N) is 2. The highest BCUT2D eigenvalue weighted by Gasteiger charge is 2.41. The van der Waals surface area contributed by atoms with E-state index in [4.69, 9.17) is 29.4 Å². The molecule has 3 amide bonds. The van der Waals surface area contributed by atoms with Crippen molar-refractivity contribution in [2.24, 2.45) is 0 Å². The van der Waals surface area contributed by atoms with Gasteiger partial charge in [-0.2, -0.15) is 18.4 Å². The molecule has 3 aromatic carbocycles. The highest BCUT2D eigenvalue weighted by atomic mass is 19.4. The van der Waals surface area contributed by atoms with E-state index >= 15 is 0 Å². The van der Waals surface area contributed by atoms with Gasteiger partial charge in [0.05, 0.1) is 50.0 Å². The van der Waals surface area contributed by atoms with E-state index in [1.807, 2.05) is 11.0 Å². The monoisotopic (exact) mass is 920 g/mol. The number of nitriles is 1. The number of carboxylic acid groups (broad SMARTS) is 1. The van der Waals surface area contributed by atoms with E-state index in [0.29, 0.717) is 87.9 Å². The maximum atomic E-state index is 13.5. The molecule has 0 unspecified atom stereocenters. The fourth-order valence-electron chi connectivity index (χ4n) is 8.91. The summed E-state index contributed by atoms with van der Waals surface area (Å²) >= 11 is 0. The third-order valence-electron chi connectivity index (χ3n) is 12.5. The first-order chi connectivity index (χ1) is 31.7. The van der Waals surface area contributed by atoms with Crippen LogP contribution in [0.4, 0.5) is 18.9 Å². The minimum Gasteiger partial charge on any atom is -0.506 e. The number of halogens is 3. The molecular weight excluding hydrogens is 862 g/mol. The lowest BCUT2D eigenvalue weighted by Gasteiger charge is -2.47. The number of anilines is 1. The maximum absolute atomic E-state index is 13.5. The number of morpholine rings is 1. The maximum Gasteiger partial charge on any atom is 0.490 e. The third-order valence-corrected chi connectivity index (χ3v) is 12.5. The highest BCUT2D eigenvalue weighted by molar-refractivity contribution is 5.97. The molecule has 1 saturated carbocycles. The molecule has 3 aromatic rings. The van der Waals surface area contributed by atoms with Crippen LogP contribution < -0.4 is 15.4 Å². The van der Waals surface area contributed by atoms with Crippen molar-refractivity contribution in [3.05, 3.63) is 88.5 Å². The normalized spacial score (nSPS) is 17.4. The Hall–Kier alpha value is -5.74. The van der Waals surface area contributed by atoms with Crippen LogP contribution in [0.1, 0.15) is 84.0 Å². The Morgan fingerprint density at radius 2 is 1.70 bits per heavy atom. The number of amides is 3. The fraction of sp³-hybridized carbons (Fsp3) is 0.521. The smallest absolute Gasteiger partial charge is 0.490 e. The van der Waals surface area contributed by atoms with Gasteiger partial charge in [0.25, 0.3) is 11.8 Å². The van der Waals surface area contributed by atoms with Crippen LogP contribution in [0, 0.1) is 11.3 Å². The number of carbonyl (C=O) groups excluding carboxylic acids is 3. The van der Waals surface area contributed by atoms with Gasteiger partial charge < -0.3 is 44.9 Å². The van der Waals surface area contributed by atoms with E-state index in [-0.39, 0.29) is 41.7 Å². The Bertz CT molecular complexity index is 2170. The van der Waals surface area contributed by atoms with E-state index < -0.39 is 12.1 Å². The van der Waals surface area contributed by atoms with Crippen LogP contribution in [0.25, 0.3) is 0 Å². The van der Waals surface area contributed by atoms with Crippen LogP contribution in [-0.2, 0) is 43.2 Å². The number of nitrogens with zero attached hydrogens (tertiary/aromatic N) is 4. The zero-order valence-corrected chi connectivity index (χ0v) is 37.1. The number of likely N-dealkylation sites (tertiary alicyclic amines) is 1. The molecule has 3 aliphatic heterocycles. The van der Waals surface area contributed by atoms with E-state index in [1.54, 1.807) is 30.3 Å². The van der Waals surface area contributed by atoms with Gasteiger partial charge in [-0.1, -0.05) is 49.6 Å². The van der Waals surface area contributed by atoms with Crippen LogP contribution in [0.2, 0.25) is 0 Å². The number of hydrogen-bond donors (Lipinski definition) is 4. The van der Waals surface area contributed by atoms with Gasteiger partial charge in [-0.15, -0.1) is 0 Å². The van der Waals surface area contributed by atoms with Crippen molar-refractivity contribution < 1.29 is 56.8 Å². The van der Waals surface area contributed by atoms with Crippen LogP contribution in [0.15, 0.2) is 60.7 Å². The number of phenolic OH excluding ortho intramolecular Hbond substituents is 1. The Balaban J connectivity index is 0.000000952. The van der Waals surface area contributed by atoms with Crippen molar-refractivity contribution in [1.82, 2.24) is 20.0 Å². The number of hydrogen-bond acceptors (Lipinski definition) is 11. The highest BCUT2D eigenvalue weighted by Crippen LogP contribution is 2.39. The van der Waals surface area contributed by atoms with Crippen molar-refractivity contribution in [3.8, 4) is 17.6 Å². The molecule has 18 heteroatoms. The number of piperidine rings is 1. The number of aliphatic carboxylic acids is 1. The van der Waals surface area contributed by atoms with Crippen LogP contribution in [0.5, 0.6) is 11.5 Å². The van der Waals surface area contributed by atoms with Crippen molar-refractivity contribution >= 4 is 29.4 Å². The number of carbonyl (C=O) groups is 4. The van der Waals surface area contributed by atoms with E-state index in [9.17, 15) is 32.7 Å². The molecule has 7 rings (SSSR count). The van der Waals surface area contributed by atoms with Gasteiger partial charge in [-0.3, -0.25) is 19.3 Å². The van der Waals surface area contributed by atoms with E-state index in [1.165, 1.54) is 17.5 Å². The average molecular weight is 921 g/mol. The molecule has 4 aliphatic rings. The predicted octanol–water partition coefficient (Wildman–Crippen LogP) is 5.68. The topological polar surface area (TPSA) is 194 Å². The Morgan fingerprint density at radius 3 is 2.41 bits per heavy atom. The summed E-state index contributed by atoms with van der Waals surface area (Å²) in [6.45, 7) is 7.19.